The van der Waals surface area contributed by atoms with E-state index in [0.29, 0.717) is 17.1 Å². The van der Waals surface area contributed by atoms with E-state index in [9.17, 15) is 13.2 Å². The van der Waals surface area contributed by atoms with Crippen molar-refractivity contribution in [3.05, 3.63) is 83.9 Å². The van der Waals surface area contributed by atoms with Crippen LogP contribution in [0.4, 0.5) is 11.4 Å². The predicted octanol–water partition coefficient (Wildman–Crippen LogP) is 3.90. The molecule has 1 N–H and O–H groups in total. The fourth-order valence-electron chi connectivity index (χ4n) is 3.56. The van der Waals surface area contributed by atoms with E-state index < -0.39 is 22.0 Å². The summed E-state index contributed by atoms with van der Waals surface area (Å²) in [6.45, 7) is 3.78. The summed E-state index contributed by atoms with van der Waals surface area (Å²) in [6.07, 6.45) is -0.987. The number of carbonyl (C=O) groups is 1. The highest BCUT2D eigenvalue weighted by Gasteiger charge is 2.37. The van der Waals surface area contributed by atoms with Gasteiger partial charge in [-0.2, -0.15) is 0 Å². The minimum absolute atomic E-state index is 0.120. The van der Waals surface area contributed by atoms with E-state index in [0.717, 1.165) is 11.1 Å². The number of sulfonamides is 1. The molecule has 0 saturated carbocycles. The average Bonchev–Trinajstić information content (AvgIpc) is 2.72. The Morgan fingerprint density at radius 2 is 1.60 bits per heavy atom. The zero-order chi connectivity index (χ0) is 21.3. The number of nitrogens with zero attached hydrogens (tertiary/aromatic N) is 1. The van der Waals surface area contributed by atoms with Crippen LogP contribution in [-0.2, 0) is 14.8 Å². The SMILES string of the molecule is Cc1cc(C)cc(NC(=O)C2CN(S(=O)(=O)c3ccccc3)c3ccccc3O2)c1. The van der Waals surface area contributed by atoms with Crippen molar-refractivity contribution in [3.63, 3.8) is 0 Å². The molecule has 0 aromatic heterocycles. The molecule has 0 fully saturated rings. The van der Waals surface area contributed by atoms with Gasteiger partial charge in [0.2, 0.25) is 0 Å². The molecule has 30 heavy (non-hydrogen) atoms. The molecule has 0 spiro atoms. The van der Waals surface area contributed by atoms with Crippen molar-refractivity contribution in [1.29, 1.82) is 0 Å². The lowest BCUT2D eigenvalue weighted by Gasteiger charge is -2.34. The molecule has 4 rings (SSSR count). The van der Waals surface area contributed by atoms with Crippen molar-refractivity contribution in [2.24, 2.45) is 0 Å². The van der Waals surface area contributed by atoms with Gasteiger partial charge in [0.15, 0.2) is 6.10 Å². The highest BCUT2D eigenvalue weighted by atomic mass is 32.2. The summed E-state index contributed by atoms with van der Waals surface area (Å²) in [7, 11) is -3.85. The second kappa shape index (κ2) is 7.84. The fourth-order valence-corrected chi connectivity index (χ4v) is 5.05. The summed E-state index contributed by atoms with van der Waals surface area (Å²) in [5.74, 6) is -0.0495. The third-order valence-electron chi connectivity index (χ3n) is 4.85. The first-order valence-electron chi connectivity index (χ1n) is 9.57. The largest absolute Gasteiger partial charge is 0.476 e. The van der Waals surface area contributed by atoms with E-state index >= 15 is 0 Å². The number of anilines is 2. The second-order valence-corrected chi connectivity index (χ2v) is 9.15. The predicted molar refractivity (Wildman–Crippen MR) is 116 cm³/mol. The maximum Gasteiger partial charge on any atom is 0.267 e. The van der Waals surface area contributed by atoms with Crippen LogP contribution in [0.2, 0.25) is 0 Å². The Bertz CT molecular complexity index is 1170. The number of hydrogen-bond acceptors (Lipinski definition) is 4. The number of para-hydroxylation sites is 2. The maximum absolute atomic E-state index is 13.3. The number of nitrogens with one attached hydrogen (secondary N) is 1. The first-order valence-corrected chi connectivity index (χ1v) is 11.0. The van der Waals surface area contributed by atoms with Crippen LogP contribution in [0.1, 0.15) is 11.1 Å². The van der Waals surface area contributed by atoms with Gasteiger partial charge >= 0.3 is 0 Å². The fraction of sp³-hybridized carbons (Fsp3) is 0.174. The minimum atomic E-state index is -3.85. The standard InChI is InChI=1S/C23H22N2O4S/c1-16-12-17(2)14-18(13-16)24-23(26)22-15-25(20-10-6-7-11-21(20)29-22)30(27,28)19-8-4-3-5-9-19/h3-14,22H,15H2,1-2H3,(H,24,26). The van der Waals surface area contributed by atoms with Gasteiger partial charge in [0.1, 0.15) is 5.75 Å². The summed E-state index contributed by atoms with van der Waals surface area (Å²) in [5, 5.41) is 2.85. The van der Waals surface area contributed by atoms with E-state index in [1.807, 2.05) is 32.0 Å². The van der Waals surface area contributed by atoms with Gasteiger partial charge in [0.25, 0.3) is 15.9 Å². The van der Waals surface area contributed by atoms with Crippen molar-refractivity contribution in [1.82, 2.24) is 0 Å². The molecule has 1 unspecified atom stereocenters. The number of carbonyl (C=O) groups excluding carboxylic acids is 1. The highest BCUT2D eigenvalue weighted by molar-refractivity contribution is 7.92. The van der Waals surface area contributed by atoms with E-state index in [1.54, 1.807) is 42.5 Å². The lowest BCUT2D eigenvalue weighted by Crippen LogP contribution is -2.48. The Labute approximate surface area is 176 Å². The third kappa shape index (κ3) is 3.89. The molecule has 7 heteroatoms. The summed E-state index contributed by atoms with van der Waals surface area (Å²) >= 11 is 0. The molecule has 0 aliphatic carbocycles. The van der Waals surface area contributed by atoms with Crippen molar-refractivity contribution in [3.8, 4) is 5.75 Å². The van der Waals surface area contributed by atoms with Gasteiger partial charge in [0, 0.05) is 5.69 Å². The van der Waals surface area contributed by atoms with E-state index in [4.69, 9.17) is 4.74 Å². The zero-order valence-electron chi connectivity index (χ0n) is 16.7. The number of rotatable bonds is 4. The van der Waals surface area contributed by atoms with Crippen LogP contribution < -0.4 is 14.4 Å². The molecule has 1 amide bonds. The van der Waals surface area contributed by atoms with E-state index in [1.165, 1.54) is 16.4 Å². The second-order valence-electron chi connectivity index (χ2n) is 7.29. The molecule has 1 aliphatic rings. The van der Waals surface area contributed by atoms with Crippen LogP contribution in [0.15, 0.2) is 77.7 Å². The lowest BCUT2D eigenvalue weighted by molar-refractivity contribution is -0.122. The Hall–Kier alpha value is -3.32. The summed E-state index contributed by atoms with van der Waals surface area (Å²) in [6, 6.07) is 20.7. The normalized spacial score (nSPS) is 15.8. The van der Waals surface area contributed by atoms with Crippen molar-refractivity contribution >= 4 is 27.3 Å². The monoisotopic (exact) mass is 422 g/mol. The van der Waals surface area contributed by atoms with Crippen LogP contribution >= 0.6 is 0 Å². The number of ether oxygens (including phenoxy) is 1. The molecule has 3 aromatic rings. The van der Waals surface area contributed by atoms with Gasteiger partial charge in [-0.3, -0.25) is 9.10 Å². The smallest absolute Gasteiger partial charge is 0.267 e. The molecule has 1 heterocycles. The van der Waals surface area contributed by atoms with Gasteiger partial charge in [-0.05, 0) is 61.4 Å². The van der Waals surface area contributed by atoms with Crippen LogP contribution in [0.25, 0.3) is 0 Å². The minimum Gasteiger partial charge on any atom is -0.476 e. The van der Waals surface area contributed by atoms with Crippen LogP contribution in [0.5, 0.6) is 5.75 Å². The molecule has 0 saturated heterocycles. The van der Waals surface area contributed by atoms with Crippen LogP contribution in [0, 0.1) is 13.8 Å². The molecule has 0 radical (unpaired) electrons. The number of amides is 1. The van der Waals surface area contributed by atoms with Crippen LogP contribution in [0.3, 0.4) is 0 Å². The van der Waals surface area contributed by atoms with Gasteiger partial charge < -0.3 is 10.1 Å². The quantitative estimate of drug-likeness (QED) is 0.692. The van der Waals surface area contributed by atoms with Crippen molar-refractivity contribution < 1.29 is 17.9 Å². The summed E-state index contributed by atoms with van der Waals surface area (Å²) < 4.78 is 33.7. The molecule has 3 aromatic carbocycles. The average molecular weight is 423 g/mol. The molecule has 0 bridgehead atoms. The van der Waals surface area contributed by atoms with E-state index in [-0.39, 0.29) is 11.4 Å². The van der Waals surface area contributed by atoms with Gasteiger partial charge in [-0.25, -0.2) is 8.42 Å². The summed E-state index contributed by atoms with van der Waals surface area (Å²) in [4.78, 5) is 13.1. The Morgan fingerprint density at radius 3 is 2.30 bits per heavy atom. The Morgan fingerprint density at radius 1 is 0.967 bits per heavy atom. The first kappa shape index (κ1) is 20.0. The van der Waals surface area contributed by atoms with Gasteiger partial charge in [-0.1, -0.05) is 36.4 Å². The Balaban J connectivity index is 1.67. The number of hydrogen-bond donors (Lipinski definition) is 1. The third-order valence-corrected chi connectivity index (χ3v) is 6.64. The van der Waals surface area contributed by atoms with Crippen molar-refractivity contribution in [2.75, 3.05) is 16.2 Å². The number of aryl methyl sites for hydroxylation is 2. The van der Waals surface area contributed by atoms with Gasteiger partial charge in [0.05, 0.1) is 17.1 Å². The number of fused-ring (bicyclic) bond motifs is 1. The topological polar surface area (TPSA) is 75.7 Å². The summed E-state index contributed by atoms with van der Waals surface area (Å²) in [5.41, 5.74) is 3.11. The Kier molecular flexibility index (Phi) is 5.22. The van der Waals surface area contributed by atoms with Crippen LogP contribution in [-0.4, -0.2) is 27.0 Å². The molecule has 1 aliphatic heterocycles. The maximum atomic E-state index is 13.3. The molecular weight excluding hydrogens is 400 g/mol. The molecule has 1 atom stereocenters. The lowest BCUT2D eigenvalue weighted by atomic mass is 10.1. The van der Waals surface area contributed by atoms with Crippen molar-refractivity contribution in [2.45, 2.75) is 24.8 Å². The van der Waals surface area contributed by atoms with E-state index in [2.05, 4.69) is 5.32 Å². The molecule has 6 nitrogen and oxygen atoms in total. The number of benzene rings is 3. The van der Waals surface area contributed by atoms with Gasteiger partial charge in [-0.15, -0.1) is 0 Å². The zero-order valence-corrected chi connectivity index (χ0v) is 17.5. The first-order chi connectivity index (χ1) is 14.3. The molecular formula is C23H22N2O4S. The highest BCUT2D eigenvalue weighted by Crippen LogP contribution is 2.37. The molecule has 154 valence electrons.